The van der Waals surface area contributed by atoms with Crippen molar-refractivity contribution >= 4 is 44.8 Å². The van der Waals surface area contributed by atoms with E-state index in [1.54, 1.807) is 6.07 Å². The zero-order chi connectivity index (χ0) is 16.6. The van der Waals surface area contributed by atoms with E-state index in [0.717, 1.165) is 12.8 Å². The van der Waals surface area contributed by atoms with Crippen LogP contribution in [0.4, 0.5) is 11.4 Å². The van der Waals surface area contributed by atoms with Gasteiger partial charge in [-0.1, -0.05) is 11.6 Å². The van der Waals surface area contributed by atoms with E-state index in [0.29, 0.717) is 18.7 Å². The summed E-state index contributed by atoms with van der Waals surface area (Å²) in [6.07, 6.45) is 2.34. The molecule has 1 aromatic carbocycles. The van der Waals surface area contributed by atoms with Gasteiger partial charge in [0.05, 0.1) is 22.2 Å². The van der Waals surface area contributed by atoms with Crippen molar-refractivity contribution in [2.75, 3.05) is 21.9 Å². The molecule has 2 aliphatic rings. The first-order valence-corrected chi connectivity index (χ1v) is 9.27. The molecule has 0 atom stereocenters. The maximum Gasteiger partial charge on any atom is 0.313 e. The highest BCUT2D eigenvalue weighted by Crippen LogP contribution is 2.31. The number of amides is 2. The Kier molecular flexibility index (Phi) is 4.20. The van der Waals surface area contributed by atoms with Crippen molar-refractivity contribution in [1.82, 2.24) is 5.32 Å². The Hall–Kier alpha value is -1.80. The number of nitrogens with one attached hydrogen (secondary N) is 2. The van der Waals surface area contributed by atoms with E-state index in [4.69, 9.17) is 11.6 Å². The molecule has 2 fully saturated rings. The molecular formula is C14H16ClN3O4S. The first kappa shape index (κ1) is 16.1. The molecule has 7 nitrogen and oxygen atoms in total. The van der Waals surface area contributed by atoms with E-state index >= 15 is 0 Å². The average Bonchev–Trinajstić information content (AvgIpc) is 3.22. The minimum absolute atomic E-state index is 0.0893. The van der Waals surface area contributed by atoms with E-state index in [-0.39, 0.29) is 22.5 Å². The Bertz CT molecular complexity index is 761. The zero-order valence-electron chi connectivity index (χ0n) is 12.2. The molecule has 0 unspecified atom stereocenters. The number of rotatable bonds is 3. The summed E-state index contributed by atoms with van der Waals surface area (Å²) in [5, 5.41) is 5.19. The van der Waals surface area contributed by atoms with Gasteiger partial charge < -0.3 is 10.6 Å². The van der Waals surface area contributed by atoms with Crippen LogP contribution in [0.15, 0.2) is 18.2 Å². The summed E-state index contributed by atoms with van der Waals surface area (Å²) in [5.74, 6) is -1.38. The third-order valence-electron chi connectivity index (χ3n) is 3.71. The second kappa shape index (κ2) is 6.01. The van der Waals surface area contributed by atoms with Crippen LogP contribution < -0.4 is 14.9 Å². The van der Waals surface area contributed by atoms with Crippen molar-refractivity contribution in [3.8, 4) is 0 Å². The van der Waals surface area contributed by atoms with Gasteiger partial charge in [0.2, 0.25) is 10.0 Å². The van der Waals surface area contributed by atoms with Crippen LogP contribution in [0.5, 0.6) is 0 Å². The van der Waals surface area contributed by atoms with Gasteiger partial charge in [-0.3, -0.25) is 13.9 Å². The first-order valence-electron chi connectivity index (χ1n) is 7.28. The molecule has 1 saturated heterocycles. The summed E-state index contributed by atoms with van der Waals surface area (Å²) in [6.45, 7) is 0.411. The van der Waals surface area contributed by atoms with Crippen molar-refractivity contribution in [2.45, 2.75) is 25.3 Å². The Morgan fingerprint density at radius 1 is 1.22 bits per heavy atom. The maximum atomic E-state index is 11.9. The van der Waals surface area contributed by atoms with Gasteiger partial charge in [0.1, 0.15) is 0 Å². The van der Waals surface area contributed by atoms with Gasteiger partial charge in [-0.25, -0.2) is 8.42 Å². The lowest BCUT2D eigenvalue weighted by atomic mass is 10.2. The molecule has 0 bridgehead atoms. The van der Waals surface area contributed by atoms with Crippen LogP contribution in [0.3, 0.4) is 0 Å². The molecule has 23 heavy (non-hydrogen) atoms. The number of sulfonamides is 1. The maximum absolute atomic E-state index is 11.9. The lowest BCUT2D eigenvalue weighted by Crippen LogP contribution is -2.36. The molecule has 1 saturated carbocycles. The Morgan fingerprint density at radius 3 is 2.52 bits per heavy atom. The topological polar surface area (TPSA) is 95.6 Å². The van der Waals surface area contributed by atoms with Crippen LogP contribution in [-0.2, 0) is 19.6 Å². The zero-order valence-corrected chi connectivity index (χ0v) is 13.8. The largest absolute Gasteiger partial charge is 0.345 e. The second-order valence-electron chi connectivity index (χ2n) is 5.61. The van der Waals surface area contributed by atoms with Gasteiger partial charge >= 0.3 is 11.8 Å². The quantitative estimate of drug-likeness (QED) is 0.792. The van der Waals surface area contributed by atoms with Gasteiger partial charge in [-0.2, -0.15) is 0 Å². The molecule has 3 rings (SSSR count). The number of hydrogen-bond acceptors (Lipinski definition) is 4. The summed E-state index contributed by atoms with van der Waals surface area (Å²) in [7, 11) is -3.29. The molecule has 1 aliphatic heterocycles. The predicted molar refractivity (Wildman–Crippen MR) is 87.0 cm³/mol. The first-order chi connectivity index (χ1) is 10.9. The van der Waals surface area contributed by atoms with Crippen molar-refractivity contribution < 1.29 is 18.0 Å². The summed E-state index contributed by atoms with van der Waals surface area (Å²) in [5.41, 5.74) is 0.718. The lowest BCUT2D eigenvalue weighted by Gasteiger charge is -2.18. The number of benzene rings is 1. The standard InChI is InChI=1S/C14H16ClN3O4S/c15-11-8-10(18-6-1-7-23(18,21)22)4-5-12(11)17-14(20)13(19)16-9-2-3-9/h4-5,8-9H,1-3,6-7H2,(H,16,19)(H,17,20). The molecular weight excluding hydrogens is 342 g/mol. The number of anilines is 2. The number of halogens is 1. The summed E-state index contributed by atoms with van der Waals surface area (Å²) in [4.78, 5) is 23.4. The third-order valence-corrected chi connectivity index (χ3v) is 5.89. The van der Waals surface area contributed by atoms with Crippen molar-refractivity contribution in [3.63, 3.8) is 0 Å². The lowest BCUT2D eigenvalue weighted by molar-refractivity contribution is -0.136. The average molecular weight is 358 g/mol. The van der Waals surface area contributed by atoms with Gasteiger partial charge in [-0.15, -0.1) is 0 Å². The minimum Gasteiger partial charge on any atom is -0.345 e. The van der Waals surface area contributed by atoms with Crippen LogP contribution >= 0.6 is 11.6 Å². The summed E-state index contributed by atoms with van der Waals surface area (Å²) >= 11 is 6.10. The Balaban J connectivity index is 1.72. The van der Waals surface area contributed by atoms with Gasteiger partial charge in [-0.05, 0) is 37.5 Å². The van der Waals surface area contributed by atoms with Crippen LogP contribution in [-0.4, -0.2) is 38.6 Å². The molecule has 0 radical (unpaired) electrons. The normalized spacial score (nSPS) is 19.4. The van der Waals surface area contributed by atoms with Crippen molar-refractivity contribution in [1.29, 1.82) is 0 Å². The Labute approximate surface area is 139 Å². The molecule has 9 heteroatoms. The van der Waals surface area contributed by atoms with Crippen LogP contribution in [0.2, 0.25) is 5.02 Å². The highest BCUT2D eigenvalue weighted by atomic mass is 35.5. The monoisotopic (exact) mass is 357 g/mol. The van der Waals surface area contributed by atoms with Crippen LogP contribution in [0, 0.1) is 0 Å². The molecule has 2 N–H and O–H groups in total. The van der Waals surface area contributed by atoms with E-state index in [9.17, 15) is 18.0 Å². The molecule has 2 amide bonds. The van der Waals surface area contributed by atoms with Gasteiger partial charge in [0.15, 0.2) is 0 Å². The molecule has 1 heterocycles. The smallest absolute Gasteiger partial charge is 0.313 e. The van der Waals surface area contributed by atoms with Crippen molar-refractivity contribution in [2.24, 2.45) is 0 Å². The number of carbonyl (C=O) groups is 2. The highest BCUT2D eigenvalue weighted by molar-refractivity contribution is 7.93. The summed E-state index contributed by atoms with van der Waals surface area (Å²) in [6, 6.07) is 4.61. The highest BCUT2D eigenvalue weighted by Gasteiger charge is 2.29. The van der Waals surface area contributed by atoms with E-state index in [1.165, 1.54) is 16.4 Å². The molecule has 1 aliphatic carbocycles. The predicted octanol–water partition coefficient (Wildman–Crippen LogP) is 1.10. The molecule has 124 valence electrons. The molecule has 1 aromatic rings. The SMILES string of the molecule is O=C(Nc1ccc(N2CCCS2(=O)=O)cc1Cl)C(=O)NC1CC1. The second-order valence-corrected chi connectivity index (χ2v) is 8.03. The number of carbonyl (C=O) groups excluding carboxylic acids is 2. The third kappa shape index (κ3) is 3.59. The number of nitrogens with zero attached hydrogens (tertiary/aromatic N) is 1. The molecule has 0 spiro atoms. The van der Waals surface area contributed by atoms with Gasteiger partial charge in [0, 0.05) is 12.6 Å². The van der Waals surface area contributed by atoms with Crippen molar-refractivity contribution in [3.05, 3.63) is 23.2 Å². The molecule has 0 aromatic heterocycles. The van der Waals surface area contributed by atoms with E-state index in [2.05, 4.69) is 10.6 Å². The summed E-state index contributed by atoms with van der Waals surface area (Å²) < 4.78 is 25.1. The van der Waals surface area contributed by atoms with Crippen LogP contribution in [0.1, 0.15) is 19.3 Å². The fourth-order valence-corrected chi connectivity index (χ4v) is 4.13. The Morgan fingerprint density at radius 2 is 1.96 bits per heavy atom. The minimum atomic E-state index is -3.29. The number of hydrogen-bond donors (Lipinski definition) is 2. The fourth-order valence-electron chi connectivity index (χ4n) is 2.35. The van der Waals surface area contributed by atoms with Gasteiger partial charge in [0.25, 0.3) is 0 Å². The fraction of sp³-hybridized carbons (Fsp3) is 0.429. The van der Waals surface area contributed by atoms with E-state index in [1.807, 2.05) is 0 Å². The van der Waals surface area contributed by atoms with E-state index < -0.39 is 21.8 Å². The van der Waals surface area contributed by atoms with Crippen LogP contribution in [0.25, 0.3) is 0 Å².